The third-order valence-corrected chi connectivity index (χ3v) is 0. The molecule has 0 rings (SSSR count). The summed E-state index contributed by atoms with van der Waals surface area (Å²) in [5, 5.41) is 0. The zero-order chi connectivity index (χ0) is 2.00. The molecular formula is CH4I2Zn. The van der Waals surface area contributed by atoms with Gasteiger partial charge < -0.3 is 7.43 Å². The van der Waals surface area contributed by atoms with Gasteiger partial charge in [-0.2, -0.15) is 0 Å². The van der Waals surface area contributed by atoms with Gasteiger partial charge in [-0.15, -0.1) is 24.0 Å². The van der Waals surface area contributed by atoms with E-state index in [4.69, 9.17) is 0 Å². The maximum absolute atomic E-state index is 2.28. The average Bonchev–Trinajstić information content (AvgIpc) is 1.00. The fourth-order valence-electron chi connectivity index (χ4n) is 0. The molecule has 4 heavy (non-hydrogen) atoms. The Labute approximate surface area is 65.0 Å². The van der Waals surface area contributed by atoms with Crippen molar-refractivity contribution >= 4 is 43.7 Å². The van der Waals surface area contributed by atoms with Gasteiger partial charge in [-0.1, -0.05) is 0 Å². The predicted molar refractivity (Wildman–Crippen MR) is 35.8 cm³/mol. The van der Waals surface area contributed by atoms with Gasteiger partial charge in [0.15, 0.2) is 0 Å². The second-order valence-electron chi connectivity index (χ2n) is 0. The fourth-order valence-corrected chi connectivity index (χ4v) is 0. The van der Waals surface area contributed by atoms with Crippen molar-refractivity contribution in [2.45, 2.75) is 0 Å². The van der Waals surface area contributed by atoms with Crippen LogP contribution in [0.25, 0.3) is 0 Å². The summed E-state index contributed by atoms with van der Waals surface area (Å²) < 4.78 is 0. The van der Waals surface area contributed by atoms with Gasteiger partial charge in [0.2, 0.25) is 0 Å². The van der Waals surface area contributed by atoms with Gasteiger partial charge in [0.05, 0.1) is 0 Å². The fraction of sp³-hybridized carbons (Fsp3) is 0. The molecule has 24 valence electrons. The Balaban J connectivity index is -0.00000000500. The summed E-state index contributed by atoms with van der Waals surface area (Å²) in [6, 6.07) is 0. The summed E-state index contributed by atoms with van der Waals surface area (Å²) in [4.78, 5) is 0. The molecule has 0 aromatic carbocycles. The normalized spacial score (nSPS) is 1.75. The van der Waals surface area contributed by atoms with Crippen LogP contribution in [0.3, 0.4) is 0 Å². The van der Waals surface area contributed by atoms with Crippen molar-refractivity contribution < 1.29 is 14.8 Å². The molecule has 0 atom stereocenters. The zero-order valence-corrected chi connectivity index (χ0v) is 9.95. The van der Waals surface area contributed by atoms with E-state index < -0.39 is 0 Å². The van der Waals surface area contributed by atoms with Gasteiger partial charge in [0, 0.05) is 0 Å². The van der Waals surface area contributed by atoms with Crippen molar-refractivity contribution in [3.8, 4) is 0 Å². The summed E-state index contributed by atoms with van der Waals surface area (Å²) in [5.74, 6) is 0. The molecule has 0 nitrogen and oxygen atoms in total. The number of hydrogen-bond donors (Lipinski definition) is 0. The Bertz CT molecular complexity index is 6.00. The second kappa shape index (κ2) is 19.5. The van der Waals surface area contributed by atoms with E-state index in [1.807, 2.05) is 0 Å². The van der Waals surface area contributed by atoms with E-state index >= 15 is 0 Å². The molecule has 0 amide bonds. The molecule has 0 N–H and O–H groups in total. The van der Waals surface area contributed by atoms with Crippen LogP contribution < -0.4 is 0 Å². The van der Waals surface area contributed by atoms with Crippen LogP contribution >= 0.6 is 43.7 Å². The number of halogens is 2. The van der Waals surface area contributed by atoms with Crippen LogP contribution in [0.15, 0.2) is 0 Å². The molecule has 0 unspecified atom stereocenters. The van der Waals surface area contributed by atoms with E-state index in [2.05, 4.69) is 19.8 Å². The molecular weight excluding hydrogens is 331 g/mol. The standard InChI is InChI=1S/CH3.2HI.Zn/h1H3;2*1H;/q-1;;;+2/p-1. The van der Waals surface area contributed by atoms with E-state index in [-0.39, 0.29) is 31.4 Å². The molecule has 0 aliphatic rings. The van der Waals surface area contributed by atoms with Crippen molar-refractivity contribution in [1.29, 1.82) is 0 Å². The van der Waals surface area contributed by atoms with Crippen LogP contribution in [0.5, 0.6) is 0 Å². The molecule has 0 bridgehead atoms. The molecule has 0 heterocycles. The van der Waals surface area contributed by atoms with Crippen molar-refractivity contribution in [3.63, 3.8) is 0 Å². The quantitative estimate of drug-likeness (QED) is 0.361. The third-order valence-electron chi connectivity index (χ3n) is 0. The average molecular weight is 335 g/mol. The minimum atomic E-state index is 0. The molecule has 0 aliphatic heterocycles. The van der Waals surface area contributed by atoms with Crippen LogP contribution in [-0.2, 0) is 14.8 Å². The molecule has 3 heteroatoms. The molecule has 0 saturated carbocycles. The first-order valence-corrected chi connectivity index (χ1v) is 9.32. The zero-order valence-electron chi connectivity index (χ0n) is 2.49. The predicted octanol–water partition coefficient (Wildman–Crippen LogP) is 1.95. The Morgan fingerprint density at radius 1 is 1.25 bits per heavy atom. The van der Waals surface area contributed by atoms with Crippen molar-refractivity contribution in [2.24, 2.45) is 0 Å². The van der Waals surface area contributed by atoms with E-state index in [1.165, 1.54) is 14.8 Å². The molecule has 0 aliphatic carbocycles. The molecule has 0 fully saturated rings. The molecule has 0 spiro atoms. The maximum atomic E-state index is 2.28. The third kappa shape index (κ3) is 8.94. The molecule has 0 aromatic heterocycles. The number of hydrogen-bond acceptors (Lipinski definition) is 0. The Kier molecular flexibility index (Phi) is 80.7. The van der Waals surface area contributed by atoms with Gasteiger partial charge in [-0.3, -0.25) is 0 Å². The van der Waals surface area contributed by atoms with Gasteiger partial charge in [-0.25, -0.2) is 0 Å². The first-order chi connectivity index (χ1) is 1.00. The van der Waals surface area contributed by atoms with Gasteiger partial charge in [0.25, 0.3) is 0 Å². The summed E-state index contributed by atoms with van der Waals surface area (Å²) in [6.07, 6.45) is 0. The Hall–Kier alpha value is 2.08. The SMILES string of the molecule is I.[CH3-].[Zn+][I]. The van der Waals surface area contributed by atoms with Crippen LogP contribution in [0.4, 0.5) is 0 Å². The van der Waals surface area contributed by atoms with Gasteiger partial charge in [-0.05, 0) is 0 Å². The first kappa shape index (κ1) is 16.5. The van der Waals surface area contributed by atoms with Crippen molar-refractivity contribution in [1.82, 2.24) is 0 Å². The molecule has 0 radical (unpaired) electrons. The molecule has 0 saturated heterocycles. The second-order valence-corrected chi connectivity index (χ2v) is 0. The van der Waals surface area contributed by atoms with E-state index in [0.29, 0.717) is 0 Å². The Morgan fingerprint density at radius 2 is 1.25 bits per heavy atom. The molecule has 0 aromatic rings. The van der Waals surface area contributed by atoms with E-state index in [0.717, 1.165) is 0 Å². The monoisotopic (exact) mass is 334 g/mol. The van der Waals surface area contributed by atoms with Crippen LogP contribution in [0, 0.1) is 7.43 Å². The number of rotatable bonds is 0. The Morgan fingerprint density at radius 3 is 1.25 bits per heavy atom. The van der Waals surface area contributed by atoms with E-state index in [1.54, 1.807) is 0 Å². The van der Waals surface area contributed by atoms with Crippen molar-refractivity contribution in [2.75, 3.05) is 0 Å². The van der Waals surface area contributed by atoms with Crippen LogP contribution in [-0.4, -0.2) is 0 Å². The summed E-state index contributed by atoms with van der Waals surface area (Å²) >= 11 is 3.62. The summed E-state index contributed by atoms with van der Waals surface area (Å²) in [7, 11) is 0. The summed E-state index contributed by atoms with van der Waals surface area (Å²) in [6.45, 7) is 0. The van der Waals surface area contributed by atoms with E-state index in [9.17, 15) is 0 Å². The topological polar surface area (TPSA) is 0 Å². The summed E-state index contributed by atoms with van der Waals surface area (Å²) in [5.41, 5.74) is 0. The van der Waals surface area contributed by atoms with Gasteiger partial charge >= 0.3 is 34.5 Å². The minimum absolute atomic E-state index is 0. The van der Waals surface area contributed by atoms with Crippen LogP contribution in [0.2, 0.25) is 0 Å². The van der Waals surface area contributed by atoms with Crippen molar-refractivity contribution in [3.05, 3.63) is 7.43 Å². The van der Waals surface area contributed by atoms with Crippen LogP contribution in [0.1, 0.15) is 0 Å². The first-order valence-electron chi connectivity index (χ1n) is 0.267. The van der Waals surface area contributed by atoms with Gasteiger partial charge in [0.1, 0.15) is 0 Å².